The molecule has 1 amide bonds. The standard InChI is InChI=1S/C18H19NO5/c1-12-3-6-16(9-13(12)2)23-10-17(20)19-14-4-7-15(8-5-14)24-11-18(21)22/h3-9H,10-11H2,1-2H3,(H,19,20)(H,21,22). The molecule has 0 saturated heterocycles. The smallest absolute Gasteiger partial charge is 0.341 e. The van der Waals surface area contributed by atoms with Crippen LogP contribution in [-0.4, -0.2) is 30.2 Å². The highest BCUT2D eigenvalue weighted by Crippen LogP contribution is 2.17. The van der Waals surface area contributed by atoms with Crippen LogP contribution in [0, 0.1) is 13.8 Å². The summed E-state index contributed by atoms with van der Waals surface area (Å²) in [5.41, 5.74) is 2.84. The molecule has 0 aromatic heterocycles. The Morgan fingerprint density at radius 2 is 1.54 bits per heavy atom. The highest BCUT2D eigenvalue weighted by Gasteiger charge is 2.05. The van der Waals surface area contributed by atoms with Crippen molar-refractivity contribution in [3.8, 4) is 11.5 Å². The Morgan fingerprint density at radius 1 is 0.917 bits per heavy atom. The quantitative estimate of drug-likeness (QED) is 0.816. The molecule has 0 unspecified atom stereocenters. The molecule has 126 valence electrons. The Hall–Kier alpha value is -3.02. The summed E-state index contributed by atoms with van der Waals surface area (Å²) >= 11 is 0. The van der Waals surface area contributed by atoms with Crippen LogP contribution < -0.4 is 14.8 Å². The van der Waals surface area contributed by atoms with Crippen molar-refractivity contribution in [1.29, 1.82) is 0 Å². The molecule has 2 aromatic carbocycles. The summed E-state index contributed by atoms with van der Waals surface area (Å²) in [5, 5.41) is 11.2. The number of hydrogen-bond acceptors (Lipinski definition) is 4. The summed E-state index contributed by atoms with van der Waals surface area (Å²) in [6.45, 7) is 3.49. The Balaban J connectivity index is 1.83. The maximum atomic E-state index is 11.9. The van der Waals surface area contributed by atoms with E-state index in [1.807, 2.05) is 32.0 Å². The number of ether oxygens (including phenoxy) is 2. The predicted octanol–water partition coefficient (Wildman–Crippen LogP) is 2.78. The van der Waals surface area contributed by atoms with E-state index in [9.17, 15) is 9.59 Å². The monoisotopic (exact) mass is 329 g/mol. The van der Waals surface area contributed by atoms with Crippen LogP contribution in [0.25, 0.3) is 0 Å². The fourth-order valence-corrected chi connectivity index (χ4v) is 1.93. The highest BCUT2D eigenvalue weighted by molar-refractivity contribution is 5.91. The lowest BCUT2D eigenvalue weighted by atomic mass is 10.1. The number of nitrogens with one attached hydrogen (secondary N) is 1. The normalized spacial score (nSPS) is 10.1. The third kappa shape index (κ3) is 5.31. The summed E-state index contributed by atoms with van der Waals surface area (Å²) in [6.07, 6.45) is 0. The summed E-state index contributed by atoms with van der Waals surface area (Å²) in [6, 6.07) is 12.1. The van der Waals surface area contributed by atoms with Gasteiger partial charge in [0, 0.05) is 5.69 Å². The number of hydrogen-bond donors (Lipinski definition) is 2. The van der Waals surface area contributed by atoms with Crippen molar-refractivity contribution in [1.82, 2.24) is 0 Å². The molecule has 0 aliphatic rings. The first-order valence-corrected chi connectivity index (χ1v) is 7.38. The van der Waals surface area contributed by atoms with E-state index in [2.05, 4.69) is 5.32 Å². The summed E-state index contributed by atoms with van der Waals surface area (Å²) in [5.74, 6) is -0.268. The van der Waals surface area contributed by atoms with Crippen molar-refractivity contribution < 1.29 is 24.2 Å². The summed E-state index contributed by atoms with van der Waals surface area (Å²) in [7, 11) is 0. The lowest BCUT2D eigenvalue weighted by Gasteiger charge is -2.09. The van der Waals surface area contributed by atoms with Gasteiger partial charge in [0.1, 0.15) is 11.5 Å². The second-order valence-corrected chi connectivity index (χ2v) is 5.29. The number of rotatable bonds is 7. The molecule has 6 nitrogen and oxygen atoms in total. The van der Waals surface area contributed by atoms with Crippen LogP contribution in [0.5, 0.6) is 11.5 Å². The van der Waals surface area contributed by atoms with Crippen molar-refractivity contribution in [2.75, 3.05) is 18.5 Å². The molecule has 0 saturated carbocycles. The minimum atomic E-state index is -1.05. The first-order valence-electron chi connectivity index (χ1n) is 7.38. The van der Waals surface area contributed by atoms with E-state index >= 15 is 0 Å². The van der Waals surface area contributed by atoms with Crippen molar-refractivity contribution in [3.05, 3.63) is 53.6 Å². The predicted molar refractivity (Wildman–Crippen MR) is 89.6 cm³/mol. The van der Waals surface area contributed by atoms with E-state index in [0.29, 0.717) is 17.2 Å². The fraction of sp³-hybridized carbons (Fsp3) is 0.222. The molecule has 0 aliphatic carbocycles. The molecule has 2 aromatic rings. The zero-order valence-electron chi connectivity index (χ0n) is 13.5. The van der Waals surface area contributed by atoms with Crippen LogP contribution in [-0.2, 0) is 9.59 Å². The van der Waals surface area contributed by atoms with Gasteiger partial charge in [-0.15, -0.1) is 0 Å². The van der Waals surface area contributed by atoms with E-state index < -0.39 is 12.6 Å². The minimum absolute atomic E-state index is 0.0975. The maximum absolute atomic E-state index is 11.9. The number of carboxylic acids is 1. The second kappa shape index (κ2) is 8.01. The average molecular weight is 329 g/mol. The number of anilines is 1. The number of aliphatic carboxylic acids is 1. The first-order chi connectivity index (χ1) is 11.4. The number of carbonyl (C=O) groups excluding carboxylic acids is 1. The van der Waals surface area contributed by atoms with Gasteiger partial charge < -0.3 is 19.9 Å². The molecule has 0 atom stereocenters. The Kier molecular flexibility index (Phi) is 5.78. The van der Waals surface area contributed by atoms with Crippen LogP contribution in [0.15, 0.2) is 42.5 Å². The highest BCUT2D eigenvalue weighted by atomic mass is 16.5. The second-order valence-electron chi connectivity index (χ2n) is 5.29. The lowest BCUT2D eigenvalue weighted by molar-refractivity contribution is -0.139. The number of amides is 1. The topological polar surface area (TPSA) is 84.9 Å². The van der Waals surface area contributed by atoms with Gasteiger partial charge >= 0.3 is 5.97 Å². The van der Waals surface area contributed by atoms with Gasteiger partial charge in [-0.2, -0.15) is 0 Å². The van der Waals surface area contributed by atoms with E-state index in [1.165, 1.54) is 0 Å². The van der Waals surface area contributed by atoms with Crippen LogP contribution >= 0.6 is 0 Å². The summed E-state index contributed by atoms with van der Waals surface area (Å²) < 4.78 is 10.5. The third-order valence-corrected chi connectivity index (χ3v) is 3.35. The van der Waals surface area contributed by atoms with Crippen LogP contribution in [0.2, 0.25) is 0 Å². The van der Waals surface area contributed by atoms with E-state index in [0.717, 1.165) is 11.1 Å². The van der Waals surface area contributed by atoms with Gasteiger partial charge in [-0.25, -0.2) is 4.79 Å². The van der Waals surface area contributed by atoms with Crippen LogP contribution in [0.3, 0.4) is 0 Å². The van der Waals surface area contributed by atoms with E-state index in [1.54, 1.807) is 24.3 Å². The molecule has 0 bridgehead atoms. The van der Waals surface area contributed by atoms with Gasteiger partial charge in [0.05, 0.1) is 0 Å². The van der Waals surface area contributed by atoms with Crippen molar-refractivity contribution in [2.45, 2.75) is 13.8 Å². The number of carboxylic acid groups (broad SMARTS) is 1. The van der Waals surface area contributed by atoms with Gasteiger partial charge in [-0.1, -0.05) is 6.07 Å². The molecule has 2 N–H and O–H groups in total. The molecule has 6 heteroatoms. The van der Waals surface area contributed by atoms with Gasteiger partial charge in [-0.3, -0.25) is 4.79 Å². The largest absolute Gasteiger partial charge is 0.484 e. The van der Waals surface area contributed by atoms with Gasteiger partial charge in [0.15, 0.2) is 13.2 Å². The third-order valence-electron chi connectivity index (χ3n) is 3.35. The molecule has 2 rings (SSSR count). The number of carbonyl (C=O) groups is 2. The van der Waals surface area contributed by atoms with Crippen molar-refractivity contribution in [3.63, 3.8) is 0 Å². The van der Waals surface area contributed by atoms with Crippen molar-refractivity contribution in [2.24, 2.45) is 0 Å². The van der Waals surface area contributed by atoms with Crippen LogP contribution in [0.1, 0.15) is 11.1 Å². The lowest BCUT2D eigenvalue weighted by Crippen LogP contribution is -2.20. The summed E-state index contributed by atoms with van der Waals surface area (Å²) in [4.78, 5) is 22.3. The zero-order valence-corrected chi connectivity index (χ0v) is 13.5. The van der Waals surface area contributed by atoms with E-state index in [-0.39, 0.29) is 12.5 Å². The average Bonchev–Trinajstić information content (AvgIpc) is 2.55. The van der Waals surface area contributed by atoms with Gasteiger partial charge in [0.25, 0.3) is 5.91 Å². The molecule has 0 radical (unpaired) electrons. The molecule has 0 fully saturated rings. The fourth-order valence-electron chi connectivity index (χ4n) is 1.93. The van der Waals surface area contributed by atoms with Gasteiger partial charge in [-0.05, 0) is 61.4 Å². The molecule has 0 aliphatic heterocycles. The Morgan fingerprint density at radius 3 is 2.17 bits per heavy atom. The molecule has 24 heavy (non-hydrogen) atoms. The molecular weight excluding hydrogens is 310 g/mol. The minimum Gasteiger partial charge on any atom is -0.484 e. The Bertz CT molecular complexity index is 725. The first kappa shape index (κ1) is 17.3. The Labute approximate surface area is 140 Å². The van der Waals surface area contributed by atoms with Crippen molar-refractivity contribution >= 4 is 17.6 Å². The van der Waals surface area contributed by atoms with Crippen LogP contribution in [0.4, 0.5) is 5.69 Å². The maximum Gasteiger partial charge on any atom is 0.341 e. The molecule has 0 heterocycles. The zero-order chi connectivity index (χ0) is 17.5. The number of aryl methyl sites for hydroxylation is 2. The number of benzene rings is 2. The molecular formula is C18H19NO5. The SMILES string of the molecule is Cc1ccc(OCC(=O)Nc2ccc(OCC(=O)O)cc2)cc1C. The molecule has 0 spiro atoms. The van der Waals surface area contributed by atoms with Gasteiger partial charge in [0.2, 0.25) is 0 Å². The van der Waals surface area contributed by atoms with E-state index in [4.69, 9.17) is 14.6 Å².